The molecular weight excluding hydrogens is 408 g/mol. The van der Waals surface area contributed by atoms with Crippen molar-refractivity contribution in [3.8, 4) is 11.5 Å². The van der Waals surface area contributed by atoms with Crippen LogP contribution in [0.5, 0.6) is 11.5 Å². The first-order valence-corrected chi connectivity index (χ1v) is 9.89. The van der Waals surface area contributed by atoms with Gasteiger partial charge in [-0.1, -0.05) is 13.0 Å². The number of aryl methyl sites for hydroxylation is 1. The number of hydrogen-bond donors (Lipinski definition) is 0. The molecular formula is C18H17BrO5S. The molecule has 0 bridgehead atoms. The number of ketones is 1. The molecule has 1 aliphatic rings. The van der Waals surface area contributed by atoms with Crippen molar-refractivity contribution in [2.75, 3.05) is 7.11 Å². The van der Waals surface area contributed by atoms with E-state index in [1.165, 1.54) is 25.3 Å². The zero-order valence-electron chi connectivity index (χ0n) is 14.0. The lowest BCUT2D eigenvalue weighted by Gasteiger charge is -2.13. The third kappa shape index (κ3) is 3.18. The van der Waals surface area contributed by atoms with E-state index in [-0.39, 0.29) is 22.3 Å². The summed E-state index contributed by atoms with van der Waals surface area (Å²) in [6, 6.07) is 7.67. The summed E-state index contributed by atoms with van der Waals surface area (Å²) in [4.78, 5) is 12.3. The monoisotopic (exact) mass is 424 g/mol. The lowest BCUT2D eigenvalue weighted by molar-refractivity contribution is 0.0989. The summed E-state index contributed by atoms with van der Waals surface area (Å²) in [6.07, 6.45) is 0.366. The van der Waals surface area contributed by atoms with Crippen LogP contribution in [0.2, 0.25) is 0 Å². The Hall–Kier alpha value is -1.86. The molecule has 0 aromatic heterocycles. The predicted octanol–water partition coefficient (Wildman–Crippen LogP) is 4.22. The number of Topliss-reactive ketones (excluding diaryl/α,β-unsaturated/α-hetero) is 1. The van der Waals surface area contributed by atoms with Crippen LogP contribution in [-0.2, 0) is 10.1 Å². The van der Waals surface area contributed by atoms with E-state index in [1.54, 1.807) is 12.1 Å². The third-order valence-corrected chi connectivity index (χ3v) is 6.15. The van der Waals surface area contributed by atoms with E-state index in [4.69, 9.17) is 8.92 Å². The van der Waals surface area contributed by atoms with Gasteiger partial charge in [0.1, 0.15) is 10.6 Å². The predicted molar refractivity (Wildman–Crippen MR) is 97.0 cm³/mol. The molecule has 0 aliphatic heterocycles. The van der Waals surface area contributed by atoms with Crippen LogP contribution in [0.3, 0.4) is 0 Å². The Morgan fingerprint density at radius 2 is 1.84 bits per heavy atom. The van der Waals surface area contributed by atoms with E-state index < -0.39 is 10.1 Å². The van der Waals surface area contributed by atoms with Crippen molar-refractivity contribution in [2.24, 2.45) is 0 Å². The van der Waals surface area contributed by atoms with Crippen LogP contribution in [0.15, 0.2) is 39.7 Å². The molecule has 1 atom stereocenters. The maximum Gasteiger partial charge on any atom is 0.339 e. The van der Waals surface area contributed by atoms with Crippen molar-refractivity contribution in [3.63, 3.8) is 0 Å². The van der Waals surface area contributed by atoms with Crippen LogP contribution in [0.25, 0.3) is 0 Å². The molecule has 5 nitrogen and oxygen atoms in total. The van der Waals surface area contributed by atoms with Gasteiger partial charge in [0.05, 0.1) is 17.1 Å². The second kappa shape index (κ2) is 6.46. The molecule has 0 heterocycles. The highest BCUT2D eigenvalue weighted by Gasteiger charge is 2.33. The van der Waals surface area contributed by atoms with Crippen LogP contribution in [0.1, 0.15) is 40.7 Å². The summed E-state index contributed by atoms with van der Waals surface area (Å²) in [5.74, 6) is 0.567. The summed E-state index contributed by atoms with van der Waals surface area (Å²) < 4.78 is 36.2. The van der Waals surface area contributed by atoms with Gasteiger partial charge in [-0.25, -0.2) is 0 Å². The molecule has 0 radical (unpaired) electrons. The average Bonchev–Trinajstić information content (AvgIpc) is 2.85. The molecule has 2 aromatic carbocycles. The molecule has 0 N–H and O–H groups in total. The van der Waals surface area contributed by atoms with Crippen LogP contribution in [0.4, 0.5) is 0 Å². The van der Waals surface area contributed by atoms with Gasteiger partial charge >= 0.3 is 10.1 Å². The Bertz CT molecular complexity index is 966. The Morgan fingerprint density at radius 3 is 2.48 bits per heavy atom. The van der Waals surface area contributed by atoms with Crippen molar-refractivity contribution in [1.82, 2.24) is 0 Å². The van der Waals surface area contributed by atoms with Gasteiger partial charge in [-0.05, 0) is 64.2 Å². The summed E-state index contributed by atoms with van der Waals surface area (Å²) in [6.45, 7) is 3.86. The lowest BCUT2D eigenvalue weighted by atomic mass is 9.98. The smallest absolute Gasteiger partial charge is 0.339 e. The SMILES string of the molecule is COc1ccc(S(=O)(=O)Oc2ccc(C)c3c2C(=O)CC3C)cc1Br. The molecule has 2 aromatic rings. The fourth-order valence-electron chi connectivity index (χ4n) is 3.15. The van der Waals surface area contributed by atoms with Crippen LogP contribution in [0, 0.1) is 6.92 Å². The molecule has 0 saturated heterocycles. The molecule has 0 spiro atoms. The standard InChI is InChI=1S/C18H17BrO5S/c1-10-4-6-16(18-14(20)8-11(2)17(10)18)24-25(21,22)12-5-7-15(23-3)13(19)9-12/h4-7,9,11H,8H2,1-3H3. The molecule has 3 rings (SSSR count). The Labute approximate surface area is 155 Å². The molecule has 0 amide bonds. The zero-order valence-corrected chi connectivity index (χ0v) is 16.4. The van der Waals surface area contributed by atoms with Crippen molar-refractivity contribution in [3.05, 3.63) is 51.5 Å². The topological polar surface area (TPSA) is 69.7 Å². The van der Waals surface area contributed by atoms with Gasteiger partial charge in [0.25, 0.3) is 0 Å². The fourth-order valence-corrected chi connectivity index (χ4v) is 4.81. The van der Waals surface area contributed by atoms with E-state index in [2.05, 4.69) is 15.9 Å². The molecule has 0 saturated carbocycles. The second-order valence-corrected chi connectivity index (χ2v) is 8.43. The number of halogens is 1. The minimum atomic E-state index is -4.07. The van der Waals surface area contributed by atoms with E-state index >= 15 is 0 Å². The normalized spacial score (nSPS) is 16.6. The number of carbonyl (C=O) groups excluding carboxylic acids is 1. The lowest BCUT2D eigenvalue weighted by Crippen LogP contribution is -2.12. The van der Waals surface area contributed by atoms with E-state index in [0.717, 1.165) is 11.1 Å². The van der Waals surface area contributed by atoms with E-state index in [9.17, 15) is 13.2 Å². The van der Waals surface area contributed by atoms with Gasteiger partial charge in [0.2, 0.25) is 0 Å². The Balaban J connectivity index is 2.03. The number of hydrogen-bond acceptors (Lipinski definition) is 5. The molecule has 25 heavy (non-hydrogen) atoms. The van der Waals surface area contributed by atoms with Gasteiger partial charge in [0, 0.05) is 6.42 Å². The van der Waals surface area contributed by atoms with Crippen LogP contribution < -0.4 is 8.92 Å². The van der Waals surface area contributed by atoms with E-state index in [1.807, 2.05) is 13.8 Å². The number of ether oxygens (including phenoxy) is 1. The van der Waals surface area contributed by atoms with Gasteiger partial charge < -0.3 is 8.92 Å². The second-order valence-electron chi connectivity index (χ2n) is 6.03. The van der Waals surface area contributed by atoms with Crippen LogP contribution in [-0.4, -0.2) is 21.3 Å². The van der Waals surface area contributed by atoms with Gasteiger partial charge in [-0.15, -0.1) is 0 Å². The largest absolute Gasteiger partial charge is 0.496 e. The Morgan fingerprint density at radius 1 is 1.16 bits per heavy atom. The van der Waals surface area contributed by atoms with E-state index in [0.29, 0.717) is 22.2 Å². The first-order valence-electron chi connectivity index (χ1n) is 7.69. The van der Waals surface area contributed by atoms with Crippen molar-refractivity contribution in [2.45, 2.75) is 31.1 Å². The average molecular weight is 425 g/mol. The molecule has 0 fully saturated rings. The molecule has 1 aliphatic carbocycles. The minimum absolute atomic E-state index is 0.0204. The van der Waals surface area contributed by atoms with Crippen LogP contribution >= 0.6 is 15.9 Å². The highest BCUT2D eigenvalue weighted by Crippen LogP contribution is 2.41. The van der Waals surface area contributed by atoms with Gasteiger partial charge in [-0.3, -0.25) is 4.79 Å². The summed E-state index contributed by atoms with van der Waals surface area (Å²) in [7, 11) is -2.58. The summed E-state index contributed by atoms with van der Waals surface area (Å²) in [5, 5.41) is 0. The number of methoxy groups -OCH3 is 1. The summed E-state index contributed by atoms with van der Waals surface area (Å²) in [5.41, 5.74) is 2.21. The highest BCUT2D eigenvalue weighted by atomic mass is 79.9. The minimum Gasteiger partial charge on any atom is -0.496 e. The first-order chi connectivity index (χ1) is 11.7. The highest BCUT2D eigenvalue weighted by molar-refractivity contribution is 9.10. The number of benzene rings is 2. The maximum absolute atomic E-state index is 12.6. The first kappa shape index (κ1) is 17.9. The van der Waals surface area contributed by atoms with Crippen molar-refractivity contribution >= 4 is 31.8 Å². The fraction of sp³-hybridized carbons (Fsp3) is 0.278. The van der Waals surface area contributed by atoms with Crippen molar-refractivity contribution < 1.29 is 22.1 Å². The van der Waals surface area contributed by atoms with Crippen molar-refractivity contribution in [1.29, 1.82) is 0 Å². The third-order valence-electron chi connectivity index (χ3n) is 4.30. The quantitative estimate of drug-likeness (QED) is 0.686. The summed E-state index contributed by atoms with van der Waals surface area (Å²) >= 11 is 3.26. The molecule has 1 unspecified atom stereocenters. The zero-order chi connectivity index (χ0) is 18.4. The number of fused-ring (bicyclic) bond motifs is 1. The molecule has 7 heteroatoms. The van der Waals surface area contributed by atoms with Gasteiger partial charge in [-0.2, -0.15) is 8.42 Å². The van der Waals surface area contributed by atoms with Gasteiger partial charge in [0.15, 0.2) is 11.5 Å². The number of carbonyl (C=O) groups is 1. The maximum atomic E-state index is 12.6. The number of rotatable bonds is 4. The molecule has 132 valence electrons. The Kier molecular flexibility index (Phi) is 4.64.